The first-order chi connectivity index (χ1) is 27.1. The molecule has 3 unspecified atom stereocenters. The monoisotopic (exact) mass is 818 g/mol. The average molecular weight is 818 g/mol. The number of aliphatic hydroxyl groups is 1. The molecule has 4 N–H and O–H groups in total. The minimum atomic E-state index is -4.75. The van der Waals surface area contributed by atoms with Crippen LogP contribution < -0.4 is 5.32 Å². The predicted molar refractivity (Wildman–Crippen MR) is 226 cm³/mol. The summed E-state index contributed by atoms with van der Waals surface area (Å²) in [6, 6.07) is -1.55. The second kappa shape index (κ2) is 40.0. The molecular weight excluding hydrogens is 733 g/mol. The number of hydrogen-bond donors (Lipinski definition) is 4. The fraction of sp³-hybridized carbons (Fsp3) is 0.886. The predicted octanol–water partition coefficient (Wildman–Crippen LogP) is 11.7. The topological polar surface area (TPSA) is 169 Å². The summed E-state index contributed by atoms with van der Waals surface area (Å²) < 4.78 is 26.8. The van der Waals surface area contributed by atoms with Crippen molar-refractivity contribution in [1.82, 2.24) is 5.32 Å². The van der Waals surface area contributed by atoms with Crippen LogP contribution in [0.5, 0.6) is 0 Å². The quantitative estimate of drug-likeness (QED) is 0.0201. The standard InChI is InChI=1S/C44H84NO10P/c1-3-5-7-9-11-13-15-17-19-20-21-22-24-26-28-30-32-34-36-43(48)53-37-40(46)38-54-56(51,52)55-39-41(44(49)50)45-42(47)35-33-31-29-27-25-23-18-16-14-12-10-8-6-4-2/h16,18,40-41,46H,3-15,17,19-39H2,1-2H3,(H,45,47)(H,49,50)(H,51,52)/b18-16-. The highest BCUT2D eigenvalue weighted by atomic mass is 31.2. The van der Waals surface area contributed by atoms with Gasteiger partial charge in [0, 0.05) is 12.8 Å². The molecule has 0 fully saturated rings. The zero-order valence-corrected chi connectivity index (χ0v) is 36.6. The van der Waals surface area contributed by atoms with Gasteiger partial charge in [-0.05, 0) is 38.5 Å². The molecule has 12 heteroatoms. The van der Waals surface area contributed by atoms with Gasteiger partial charge in [-0.2, -0.15) is 0 Å². The number of ether oxygens (including phenoxy) is 1. The van der Waals surface area contributed by atoms with Crippen molar-refractivity contribution in [2.24, 2.45) is 0 Å². The lowest BCUT2D eigenvalue weighted by molar-refractivity contribution is -0.147. The Morgan fingerprint density at radius 3 is 1.36 bits per heavy atom. The smallest absolute Gasteiger partial charge is 0.472 e. The number of hydrogen-bond acceptors (Lipinski definition) is 8. The summed E-state index contributed by atoms with van der Waals surface area (Å²) in [4.78, 5) is 45.9. The van der Waals surface area contributed by atoms with E-state index in [1.807, 2.05) is 0 Å². The maximum atomic E-state index is 12.3. The number of amides is 1. The lowest BCUT2D eigenvalue weighted by Crippen LogP contribution is -2.43. The number of rotatable bonds is 43. The van der Waals surface area contributed by atoms with Crippen LogP contribution in [0.4, 0.5) is 0 Å². The number of carboxylic acids is 1. The molecule has 1 amide bonds. The maximum absolute atomic E-state index is 12.3. The number of phosphoric acid groups is 1. The Bertz CT molecular complexity index is 1010. The molecule has 0 aliphatic carbocycles. The highest BCUT2D eigenvalue weighted by Gasteiger charge is 2.28. The summed E-state index contributed by atoms with van der Waals surface area (Å²) in [6.45, 7) is 2.60. The van der Waals surface area contributed by atoms with E-state index in [2.05, 4.69) is 31.3 Å². The number of esters is 1. The number of unbranched alkanes of at least 4 members (excludes halogenated alkanes) is 27. The number of carbonyl (C=O) groups is 3. The van der Waals surface area contributed by atoms with E-state index in [1.54, 1.807) is 0 Å². The summed E-state index contributed by atoms with van der Waals surface area (Å²) in [7, 11) is -4.75. The van der Waals surface area contributed by atoms with Crippen molar-refractivity contribution in [3.05, 3.63) is 12.2 Å². The van der Waals surface area contributed by atoms with Gasteiger partial charge >= 0.3 is 19.8 Å². The van der Waals surface area contributed by atoms with Crippen LogP contribution in [0, 0.1) is 0 Å². The van der Waals surface area contributed by atoms with Crippen molar-refractivity contribution in [2.45, 2.75) is 231 Å². The highest BCUT2D eigenvalue weighted by Crippen LogP contribution is 2.43. The van der Waals surface area contributed by atoms with E-state index < -0.39 is 57.6 Å². The largest absolute Gasteiger partial charge is 0.480 e. The zero-order chi connectivity index (χ0) is 41.4. The van der Waals surface area contributed by atoms with Crippen molar-refractivity contribution in [3.8, 4) is 0 Å². The van der Waals surface area contributed by atoms with E-state index in [0.29, 0.717) is 12.8 Å². The van der Waals surface area contributed by atoms with Gasteiger partial charge in [0.25, 0.3) is 0 Å². The lowest BCUT2D eigenvalue weighted by Gasteiger charge is -2.18. The van der Waals surface area contributed by atoms with Crippen LogP contribution in [0.25, 0.3) is 0 Å². The Morgan fingerprint density at radius 2 is 0.929 bits per heavy atom. The van der Waals surface area contributed by atoms with Gasteiger partial charge in [-0.3, -0.25) is 18.6 Å². The molecule has 0 rings (SSSR count). The van der Waals surface area contributed by atoms with Crippen LogP contribution in [0.2, 0.25) is 0 Å². The van der Waals surface area contributed by atoms with Crippen LogP contribution in [-0.2, 0) is 32.7 Å². The number of aliphatic carboxylic acids is 1. The van der Waals surface area contributed by atoms with Crippen LogP contribution in [0.1, 0.15) is 219 Å². The van der Waals surface area contributed by atoms with Crippen molar-refractivity contribution in [2.75, 3.05) is 19.8 Å². The molecule has 330 valence electrons. The minimum Gasteiger partial charge on any atom is -0.480 e. The van der Waals surface area contributed by atoms with Crippen molar-refractivity contribution >= 4 is 25.7 Å². The molecule has 56 heavy (non-hydrogen) atoms. The lowest BCUT2D eigenvalue weighted by atomic mass is 10.0. The number of nitrogens with one attached hydrogen (secondary N) is 1. The molecule has 0 saturated heterocycles. The van der Waals surface area contributed by atoms with Crippen LogP contribution in [0.3, 0.4) is 0 Å². The Hall–Kier alpha value is -1.78. The van der Waals surface area contributed by atoms with E-state index in [1.165, 1.54) is 122 Å². The van der Waals surface area contributed by atoms with Gasteiger partial charge in [0.15, 0.2) is 6.04 Å². The average Bonchev–Trinajstić information content (AvgIpc) is 3.17. The minimum absolute atomic E-state index is 0.138. The van der Waals surface area contributed by atoms with Gasteiger partial charge in [-0.1, -0.05) is 180 Å². The summed E-state index contributed by atoms with van der Waals surface area (Å²) >= 11 is 0. The number of allylic oxidation sites excluding steroid dienone is 2. The maximum Gasteiger partial charge on any atom is 0.472 e. The fourth-order valence-electron chi connectivity index (χ4n) is 6.49. The van der Waals surface area contributed by atoms with Gasteiger partial charge in [0.2, 0.25) is 5.91 Å². The second-order valence-electron chi connectivity index (χ2n) is 15.6. The first-order valence-electron chi connectivity index (χ1n) is 22.7. The van der Waals surface area contributed by atoms with E-state index in [-0.39, 0.29) is 12.8 Å². The third-order valence-corrected chi connectivity index (χ3v) is 11.0. The Labute approximate surface area is 341 Å². The van der Waals surface area contributed by atoms with Gasteiger partial charge in [-0.25, -0.2) is 9.36 Å². The van der Waals surface area contributed by atoms with Gasteiger partial charge in [0.05, 0.1) is 13.2 Å². The summed E-state index contributed by atoms with van der Waals surface area (Å²) in [5, 5.41) is 21.8. The molecule has 0 aliphatic rings. The van der Waals surface area contributed by atoms with Gasteiger partial charge in [-0.15, -0.1) is 0 Å². The molecule has 0 aliphatic heterocycles. The summed E-state index contributed by atoms with van der Waals surface area (Å²) in [5.41, 5.74) is 0. The van der Waals surface area contributed by atoms with Crippen LogP contribution in [-0.4, -0.2) is 64.9 Å². The van der Waals surface area contributed by atoms with Crippen molar-refractivity contribution in [3.63, 3.8) is 0 Å². The third kappa shape index (κ3) is 39.1. The van der Waals surface area contributed by atoms with Crippen molar-refractivity contribution < 1.29 is 47.8 Å². The molecule has 3 atom stereocenters. The number of aliphatic hydroxyl groups excluding tert-OH is 1. The van der Waals surface area contributed by atoms with Crippen molar-refractivity contribution in [1.29, 1.82) is 0 Å². The molecule has 0 saturated carbocycles. The van der Waals surface area contributed by atoms with Gasteiger partial charge < -0.3 is 25.2 Å². The molecule has 0 aromatic carbocycles. The molecule has 0 bridgehead atoms. The fourth-order valence-corrected chi connectivity index (χ4v) is 7.26. The SMILES string of the molecule is CCCCCCC/C=C\CCCCCCCC(=O)NC(COP(=O)(O)OCC(O)COC(=O)CCCCCCCCCCCCCCCCCCCC)C(=O)O. The summed E-state index contributed by atoms with van der Waals surface area (Å²) in [6.07, 6.45) is 39.5. The first kappa shape index (κ1) is 54.2. The van der Waals surface area contributed by atoms with E-state index in [0.717, 1.165) is 57.8 Å². The number of phosphoric ester groups is 1. The number of carbonyl (C=O) groups excluding carboxylic acids is 2. The normalized spacial score (nSPS) is 13.8. The van der Waals surface area contributed by atoms with Crippen LogP contribution >= 0.6 is 7.82 Å². The Morgan fingerprint density at radius 1 is 0.554 bits per heavy atom. The molecular formula is C44H84NO10P. The van der Waals surface area contributed by atoms with E-state index >= 15 is 0 Å². The third-order valence-electron chi connectivity index (χ3n) is 10.1. The molecule has 11 nitrogen and oxygen atoms in total. The van der Waals surface area contributed by atoms with Gasteiger partial charge in [0.1, 0.15) is 12.7 Å². The number of carboxylic acid groups (broad SMARTS) is 1. The molecule has 0 aromatic rings. The second-order valence-corrected chi connectivity index (χ2v) is 17.0. The Kier molecular flexibility index (Phi) is 38.7. The molecule has 0 aromatic heterocycles. The molecule has 0 radical (unpaired) electrons. The van der Waals surface area contributed by atoms with Crippen LogP contribution in [0.15, 0.2) is 12.2 Å². The highest BCUT2D eigenvalue weighted by molar-refractivity contribution is 7.47. The zero-order valence-electron chi connectivity index (χ0n) is 35.7. The van der Waals surface area contributed by atoms with E-state index in [4.69, 9.17) is 13.8 Å². The van der Waals surface area contributed by atoms with E-state index in [9.17, 15) is 34.1 Å². The molecule has 0 heterocycles. The summed E-state index contributed by atoms with van der Waals surface area (Å²) in [5.74, 6) is -2.37. The molecule has 0 spiro atoms. The first-order valence-corrected chi connectivity index (χ1v) is 24.2. The Balaban J connectivity index is 3.85.